The third kappa shape index (κ3) is 3.39. The Balaban J connectivity index is 1.96. The molecule has 0 radical (unpaired) electrons. The van der Waals surface area contributed by atoms with Crippen LogP contribution >= 0.6 is 0 Å². The summed E-state index contributed by atoms with van der Waals surface area (Å²) in [4.78, 5) is 21.1. The number of fused-ring (bicyclic) bond motifs is 1. The predicted molar refractivity (Wildman–Crippen MR) is 88.2 cm³/mol. The molecule has 2 aromatic rings. The van der Waals surface area contributed by atoms with E-state index in [2.05, 4.69) is 15.3 Å². The van der Waals surface area contributed by atoms with Gasteiger partial charge in [0.1, 0.15) is 5.52 Å². The minimum atomic E-state index is -2.65. The first-order chi connectivity index (χ1) is 11.0. The van der Waals surface area contributed by atoms with E-state index in [1.807, 2.05) is 33.8 Å². The zero-order valence-electron chi connectivity index (χ0n) is 14.4. The third-order valence-electron chi connectivity index (χ3n) is 4.05. The van der Waals surface area contributed by atoms with Crippen molar-refractivity contribution in [3.63, 3.8) is 0 Å². The molecule has 0 saturated heterocycles. The van der Waals surface area contributed by atoms with Gasteiger partial charge in [0.05, 0.1) is 6.04 Å². The number of aryl methyl sites for hydroxylation is 1. The summed E-state index contributed by atoms with van der Waals surface area (Å²) >= 11 is 0. The van der Waals surface area contributed by atoms with Crippen LogP contribution in [0.25, 0.3) is 11.2 Å². The Labute approximate surface area is 139 Å². The number of aromatic nitrogens is 3. The van der Waals surface area contributed by atoms with Crippen LogP contribution in [0.1, 0.15) is 51.8 Å². The van der Waals surface area contributed by atoms with Gasteiger partial charge in [-0.15, -0.1) is 0 Å². The molecule has 1 aliphatic carbocycles. The number of hydrogen-bond acceptors (Lipinski definition) is 3. The van der Waals surface area contributed by atoms with Gasteiger partial charge in [0.2, 0.25) is 11.9 Å². The highest BCUT2D eigenvalue weighted by atomic mass is 19.3. The van der Waals surface area contributed by atoms with Crippen LogP contribution in [0, 0.1) is 12.3 Å². The second-order valence-electron chi connectivity index (χ2n) is 7.80. The SMILES string of the molecule is Cc1ccc2nc(NC(=O)CC(C)(C)C)n(C3CC(F)(F)C3)c2n1. The maximum absolute atomic E-state index is 13.3. The van der Waals surface area contributed by atoms with Crippen LogP contribution < -0.4 is 5.32 Å². The van der Waals surface area contributed by atoms with Crippen LogP contribution in [0.5, 0.6) is 0 Å². The zero-order valence-corrected chi connectivity index (χ0v) is 14.4. The first-order valence-electron chi connectivity index (χ1n) is 8.07. The Morgan fingerprint density at radius 3 is 2.58 bits per heavy atom. The van der Waals surface area contributed by atoms with Gasteiger partial charge in [0, 0.05) is 25.0 Å². The van der Waals surface area contributed by atoms with E-state index in [9.17, 15) is 13.6 Å². The van der Waals surface area contributed by atoms with Crippen molar-refractivity contribution in [3.8, 4) is 0 Å². The lowest BCUT2D eigenvalue weighted by atomic mass is 9.88. The number of carbonyl (C=O) groups is 1. The quantitative estimate of drug-likeness (QED) is 0.918. The number of carbonyl (C=O) groups excluding carboxylic acids is 1. The lowest BCUT2D eigenvalue weighted by molar-refractivity contribution is -0.117. The monoisotopic (exact) mass is 336 g/mol. The normalized spacial score (nSPS) is 17.8. The summed E-state index contributed by atoms with van der Waals surface area (Å²) in [7, 11) is 0. The molecule has 0 aromatic carbocycles. The molecule has 2 heterocycles. The van der Waals surface area contributed by atoms with E-state index < -0.39 is 12.0 Å². The Bertz CT molecular complexity index is 784. The second kappa shape index (κ2) is 5.50. The molecule has 130 valence electrons. The lowest BCUT2D eigenvalue weighted by Crippen LogP contribution is -2.37. The highest BCUT2D eigenvalue weighted by molar-refractivity contribution is 5.91. The molecule has 2 aromatic heterocycles. The molecule has 0 atom stereocenters. The van der Waals surface area contributed by atoms with Gasteiger partial charge in [0.25, 0.3) is 5.92 Å². The standard InChI is InChI=1S/C17H22F2N4O/c1-10-5-6-12-14(20-10)23(11-7-17(18,19)8-11)15(21-12)22-13(24)9-16(2,3)4/h5-6,11H,7-9H2,1-4H3,(H,21,22,24). The summed E-state index contributed by atoms with van der Waals surface area (Å²) in [6, 6.07) is 3.21. The number of pyridine rings is 1. The van der Waals surface area contributed by atoms with E-state index in [0.29, 0.717) is 23.5 Å². The molecule has 1 aliphatic rings. The van der Waals surface area contributed by atoms with Gasteiger partial charge in [-0.1, -0.05) is 20.8 Å². The Morgan fingerprint density at radius 1 is 1.33 bits per heavy atom. The first kappa shape index (κ1) is 16.8. The van der Waals surface area contributed by atoms with Crippen LogP contribution in [0.3, 0.4) is 0 Å². The van der Waals surface area contributed by atoms with Crippen LogP contribution in [0.4, 0.5) is 14.7 Å². The van der Waals surface area contributed by atoms with Crippen LogP contribution in [-0.2, 0) is 4.79 Å². The summed E-state index contributed by atoms with van der Waals surface area (Å²) in [5.74, 6) is -2.53. The van der Waals surface area contributed by atoms with E-state index in [1.165, 1.54) is 0 Å². The fourth-order valence-electron chi connectivity index (χ4n) is 2.97. The number of amides is 1. The molecule has 5 nitrogen and oxygen atoms in total. The van der Waals surface area contributed by atoms with E-state index >= 15 is 0 Å². The number of hydrogen-bond donors (Lipinski definition) is 1. The molecule has 3 rings (SSSR count). The predicted octanol–water partition coefficient (Wildman–Crippen LogP) is 4.08. The summed E-state index contributed by atoms with van der Waals surface area (Å²) in [5.41, 5.74) is 1.75. The molecule has 0 spiro atoms. The Morgan fingerprint density at radius 2 is 2.00 bits per heavy atom. The molecule has 1 fully saturated rings. The van der Waals surface area contributed by atoms with Crippen molar-refractivity contribution < 1.29 is 13.6 Å². The van der Waals surface area contributed by atoms with E-state index in [0.717, 1.165) is 5.69 Å². The van der Waals surface area contributed by atoms with Gasteiger partial charge in [-0.2, -0.15) is 0 Å². The largest absolute Gasteiger partial charge is 0.296 e. The lowest BCUT2D eigenvalue weighted by Gasteiger charge is -2.36. The van der Waals surface area contributed by atoms with Crippen molar-refractivity contribution in [2.75, 3.05) is 5.32 Å². The molecule has 1 saturated carbocycles. The maximum atomic E-state index is 13.3. The summed E-state index contributed by atoms with van der Waals surface area (Å²) in [6.07, 6.45) is -0.185. The molecule has 7 heteroatoms. The Kier molecular flexibility index (Phi) is 3.85. The van der Waals surface area contributed by atoms with Crippen molar-refractivity contribution >= 4 is 23.0 Å². The maximum Gasteiger partial charge on any atom is 0.252 e. The second-order valence-corrected chi connectivity index (χ2v) is 7.80. The molecule has 24 heavy (non-hydrogen) atoms. The van der Waals surface area contributed by atoms with E-state index in [-0.39, 0.29) is 24.2 Å². The average Bonchev–Trinajstić information content (AvgIpc) is 2.70. The fourth-order valence-corrected chi connectivity index (χ4v) is 2.97. The van der Waals surface area contributed by atoms with Crippen LogP contribution in [-0.4, -0.2) is 26.4 Å². The molecular formula is C17H22F2N4O. The van der Waals surface area contributed by atoms with Crippen LogP contribution in [0.15, 0.2) is 12.1 Å². The van der Waals surface area contributed by atoms with Gasteiger partial charge in [-0.05, 0) is 24.5 Å². The third-order valence-corrected chi connectivity index (χ3v) is 4.05. The van der Waals surface area contributed by atoms with E-state index in [1.54, 1.807) is 10.6 Å². The van der Waals surface area contributed by atoms with Crippen molar-refractivity contribution in [3.05, 3.63) is 17.8 Å². The number of halogens is 2. The minimum absolute atomic E-state index is 0.167. The van der Waals surface area contributed by atoms with Gasteiger partial charge in [0.15, 0.2) is 5.65 Å². The summed E-state index contributed by atoms with van der Waals surface area (Å²) in [5, 5.41) is 2.78. The van der Waals surface area contributed by atoms with Crippen molar-refractivity contribution in [2.24, 2.45) is 5.41 Å². The van der Waals surface area contributed by atoms with Crippen molar-refractivity contribution in [1.29, 1.82) is 0 Å². The van der Waals surface area contributed by atoms with Gasteiger partial charge >= 0.3 is 0 Å². The zero-order chi connectivity index (χ0) is 17.7. The number of rotatable bonds is 3. The highest BCUT2D eigenvalue weighted by Gasteiger charge is 2.47. The van der Waals surface area contributed by atoms with Crippen molar-refractivity contribution in [1.82, 2.24) is 14.5 Å². The van der Waals surface area contributed by atoms with E-state index in [4.69, 9.17) is 0 Å². The summed E-state index contributed by atoms with van der Waals surface area (Å²) < 4.78 is 28.3. The fraction of sp³-hybridized carbons (Fsp3) is 0.588. The van der Waals surface area contributed by atoms with Crippen LogP contribution in [0.2, 0.25) is 0 Å². The smallest absolute Gasteiger partial charge is 0.252 e. The minimum Gasteiger partial charge on any atom is -0.296 e. The molecule has 1 amide bonds. The number of anilines is 1. The van der Waals surface area contributed by atoms with Gasteiger partial charge in [-0.25, -0.2) is 18.7 Å². The number of nitrogens with zero attached hydrogens (tertiary/aromatic N) is 3. The van der Waals surface area contributed by atoms with Gasteiger partial charge < -0.3 is 0 Å². The first-order valence-corrected chi connectivity index (χ1v) is 8.07. The van der Waals surface area contributed by atoms with Crippen molar-refractivity contribution in [2.45, 2.75) is 58.9 Å². The summed E-state index contributed by atoms with van der Waals surface area (Å²) in [6.45, 7) is 7.73. The number of nitrogens with one attached hydrogen (secondary N) is 1. The topological polar surface area (TPSA) is 59.8 Å². The highest BCUT2D eigenvalue weighted by Crippen LogP contribution is 2.47. The molecule has 1 N–H and O–H groups in total. The molecule has 0 unspecified atom stereocenters. The molecular weight excluding hydrogens is 314 g/mol. The Hall–Kier alpha value is -2.05. The number of imidazole rings is 1. The number of alkyl halides is 2. The van der Waals surface area contributed by atoms with Gasteiger partial charge in [-0.3, -0.25) is 14.7 Å². The average molecular weight is 336 g/mol. The molecule has 0 aliphatic heterocycles. The molecule has 0 bridgehead atoms.